The molecule has 4 atom stereocenters. The van der Waals surface area contributed by atoms with Gasteiger partial charge in [0.1, 0.15) is 18.3 Å². The number of ether oxygens (including phenoxy) is 3. The van der Waals surface area contributed by atoms with Crippen molar-refractivity contribution in [1.82, 2.24) is 9.55 Å². The van der Waals surface area contributed by atoms with Crippen LogP contribution in [-0.4, -0.2) is 45.4 Å². The van der Waals surface area contributed by atoms with Crippen molar-refractivity contribution in [3.63, 3.8) is 0 Å². The van der Waals surface area contributed by atoms with Crippen LogP contribution in [0.1, 0.15) is 20.1 Å². The molecule has 1 aromatic heterocycles. The summed E-state index contributed by atoms with van der Waals surface area (Å²) in [5.41, 5.74) is -1.93. The molecule has 0 saturated carbocycles. The maximum Gasteiger partial charge on any atom is 0.330 e. The van der Waals surface area contributed by atoms with Crippen molar-refractivity contribution >= 4 is 0 Å². The van der Waals surface area contributed by atoms with Gasteiger partial charge < -0.3 is 19.3 Å². The molecular weight excluding hydrogens is 287 g/mol. The molecule has 0 spiro atoms. The van der Waals surface area contributed by atoms with E-state index in [1.54, 1.807) is 13.8 Å². The first-order chi connectivity index (χ1) is 9.82. The Bertz CT molecular complexity index is 668. The fraction of sp³-hybridized carbons (Fsp3) is 0.667. The van der Waals surface area contributed by atoms with E-state index in [0.29, 0.717) is 0 Å². The number of aromatic amines is 1. The summed E-state index contributed by atoms with van der Waals surface area (Å²) in [5, 5.41) is 9.34. The van der Waals surface area contributed by atoms with Gasteiger partial charge in [-0.2, -0.15) is 4.39 Å². The molecule has 2 N–H and O–H groups in total. The number of aliphatic hydroxyl groups excluding tert-OH is 1. The quantitative estimate of drug-likeness (QED) is 0.733. The molecule has 4 unspecified atom stereocenters. The summed E-state index contributed by atoms with van der Waals surface area (Å²) in [6.45, 7) is 3.04. The molecule has 2 fully saturated rings. The molecule has 2 saturated heterocycles. The second-order valence-electron chi connectivity index (χ2n) is 5.46. The van der Waals surface area contributed by atoms with Crippen LogP contribution in [0, 0.1) is 5.82 Å². The molecule has 0 bridgehead atoms. The van der Waals surface area contributed by atoms with Crippen LogP contribution in [0.2, 0.25) is 0 Å². The molecule has 116 valence electrons. The zero-order chi connectivity index (χ0) is 15.4. The first-order valence-corrected chi connectivity index (χ1v) is 6.45. The summed E-state index contributed by atoms with van der Waals surface area (Å²) in [6, 6.07) is 0. The lowest BCUT2D eigenvalue weighted by atomic mass is 10.1. The molecular formula is C12H15FN2O6. The molecule has 0 amide bonds. The van der Waals surface area contributed by atoms with E-state index >= 15 is 0 Å². The molecule has 8 nitrogen and oxygen atoms in total. The van der Waals surface area contributed by atoms with Crippen LogP contribution in [0.15, 0.2) is 15.8 Å². The molecule has 3 rings (SSSR count). The SMILES string of the molecule is CC1(C)OC2C(CO)OC(n3cc(F)c(=O)[nH]c3=O)C2O1. The molecule has 0 aromatic carbocycles. The molecule has 2 aliphatic heterocycles. The van der Waals surface area contributed by atoms with Crippen LogP contribution < -0.4 is 11.2 Å². The highest BCUT2D eigenvalue weighted by Gasteiger charge is 2.55. The number of aliphatic hydroxyl groups is 1. The molecule has 3 heterocycles. The van der Waals surface area contributed by atoms with E-state index in [2.05, 4.69) is 0 Å². The number of halogens is 1. The topological polar surface area (TPSA) is 103 Å². The lowest BCUT2D eigenvalue weighted by Gasteiger charge is -2.24. The van der Waals surface area contributed by atoms with Crippen LogP contribution in [0.5, 0.6) is 0 Å². The fourth-order valence-corrected chi connectivity index (χ4v) is 2.68. The summed E-state index contributed by atoms with van der Waals surface area (Å²) in [5.74, 6) is -2.02. The number of rotatable bonds is 2. The third-order valence-corrected chi connectivity index (χ3v) is 3.50. The second kappa shape index (κ2) is 4.73. The van der Waals surface area contributed by atoms with Crippen LogP contribution in [-0.2, 0) is 14.2 Å². The lowest BCUT2D eigenvalue weighted by molar-refractivity contribution is -0.200. The van der Waals surface area contributed by atoms with Gasteiger partial charge in [-0.05, 0) is 13.8 Å². The fourth-order valence-electron chi connectivity index (χ4n) is 2.68. The predicted molar refractivity (Wildman–Crippen MR) is 66.1 cm³/mol. The summed E-state index contributed by atoms with van der Waals surface area (Å²) < 4.78 is 31.1. The number of aromatic nitrogens is 2. The van der Waals surface area contributed by atoms with Gasteiger partial charge in [0.15, 0.2) is 12.0 Å². The minimum absolute atomic E-state index is 0.336. The summed E-state index contributed by atoms with van der Waals surface area (Å²) in [6.07, 6.45) is -2.22. The van der Waals surface area contributed by atoms with Crippen molar-refractivity contribution in [3.8, 4) is 0 Å². The first-order valence-electron chi connectivity index (χ1n) is 6.45. The number of nitrogens with one attached hydrogen (secondary N) is 1. The van der Waals surface area contributed by atoms with E-state index in [4.69, 9.17) is 14.2 Å². The van der Waals surface area contributed by atoms with E-state index < -0.39 is 47.4 Å². The van der Waals surface area contributed by atoms with Crippen molar-refractivity contribution in [2.75, 3.05) is 6.61 Å². The van der Waals surface area contributed by atoms with Crippen molar-refractivity contribution < 1.29 is 23.7 Å². The Morgan fingerprint density at radius 2 is 2.05 bits per heavy atom. The lowest BCUT2D eigenvalue weighted by Crippen LogP contribution is -2.38. The average molecular weight is 302 g/mol. The van der Waals surface area contributed by atoms with E-state index in [1.807, 2.05) is 4.98 Å². The number of H-pyrrole nitrogens is 1. The normalized spacial score (nSPS) is 34.1. The number of hydrogen-bond donors (Lipinski definition) is 2. The second-order valence-corrected chi connectivity index (χ2v) is 5.46. The van der Waals surface area contributed by atoms with Gasteiger partial charge in [0.25, 0.3) is 5.56 Å². The van der Waals surface area contributed by atoms with Crippen LogP contribution in [0.3, 0.4) is 0 Å². The predicted octanol–water partition coefficient (Wildman–Crippen LogP) is -0.915. The van der Waals surface area contributed by atoms with Gasteiger partial charge >= 0.3 is 5.69 Å². The highest BCUT2D eigenvalue weighted by Crippen LogP contribution is 2.42. The van der Waals surface area contributed by atoms with Gasteiger partial charge in [0.05, 0.1) is 12.8 Å². The largest absolute Gasteiger partial charge is 0.394 e. The van der Waals surface area contributed by atoms with Crippen LogP contribution in [0.25, 0.3) is 0 Å². The zero-order valence-corrected chi connectivity index (χ0v) is 11.4. The highest BCUT2D eigenvalue weighted by atomic mass is 19.1. The van der Waals surface area contributed by atoms with Gasteiger partial charge in [0.2, 0.25) is 5.82 Å². The zero-order valence-electron chi connectivity index (χ0n) is 11.4. The monoisotopic (exact) mass is 302 g/mol. The molecule has 1 aromatic rings. The Kier molecular flexibility index (Phi) is 3.24. The minimum atomic E-state index is -1.11. The standard InChI is InChI=1S/C12H15FN2O6/c1-12(2)20-7-6(4-16)19-10(8(7)21-12)15-3-5(13)9(17)14-11(15)18/h3,6-8,10,16H,4H2,1-2H3,(H,14,17,18). The number of fused-ring (bicyclic) bond motifs is 1. The van der Waals surface area contributed by atoms with Crippen molar-refractivity contribution in [3.05, 3.63) is 32.9 Å². The summed E-state index contributed by atoms with van der Waals surface area (Å²) in [7, 11) is 0. The Morgan fingerprint density at radius 3 is 2.71 bits per heavy atom. The summed E-state index contributed by atoms with van der Waals surface area (Å²) in [4.78, 5) is 24.8. The van der Waals surface area contributed by atoms with Crippen molar-refractivity contribution in [1.29, 1.82) is 0 Å². The molecule has 9 heteroatoms. The minimum Gasteiger partial charge on any atom is -0.394 e. The Hall–Kier alpha value is -1.55. The third-order valence-electron chi connectivity index (χ3n) is 3.50. The summed E-state index contributed by atoms with van der Waals surface area (Å²) >= 11 is 0. The first kappa shape index (κ1) is 14.4. The number of nitrogens with zero attached hydrogens (tertiary/aromatic N) is 1. The maximum atomic E-state index is 13.4. The maximum absolute atomic E-state index is 13.4. The van der Waals surface area contributed by atoms with Crippen LogP contribution in [0.4, 0.5) is 4.39 Å². The van der Waals surface area contributed by atoms with Gasteiger partial charge in [-0.25, -0.2) is 4.79 Å². The smallest absolute Gasteiger partial charge is 0.330 e. The van der Waals surface area contributed by atoms with Gasteiger partial charge in [-0.15, -0.1) is 0 Å². The van der Waals surface area contributed by atoms with E-state index in [9.17, 15) is 19.1 Å². The van der Waals surface area contributed by atoms with Gasteiger partial charge in [-0.3, -0.25) is 14.3 Å². The third kappa shape index (κ3) is 2.31. The van der Waals surface area contributed by atoms with E-state index in [0.717, 1.165) is 10.8 Å². The number of hydrogen-bond acceptors (Lipinski definition) is 6. The Morgan fingerprint density at radius 1 is 1.38 bits per heavy atom. The Balaban J connectivity index is 2.01. The van der Waals surface area contributed by atoms with Crippen molar-refractivity contribution in [2.45, 2.75) is 44.2 Å². The molecule has 2 aliphatic rings. The van der Waals surface area contributed by atoms with Crippen LogP contribution >= 0.6 is 0 Å². The molecule has 21 heavy (non-hydrogen) atoms. The molecule has 0 radical (unpaired) electrons. The average Bonchev–Trinajstić information content (AvgIpc) is 2.87. The molecule has 0 aliphatic carbocycles. The van der Waals surface area contributed by atoms with E-state index in [1.165, 1.54) is 0 Å². The van der Waals surface area contributed by atoms with Crippen molar-refractivity contribution in [2.24, 2.45) is 0 Å². The van der Waals surface area contributed by atoms with Gasteiger partial charge in [-0.1, -0.05) is 0 Å². The van der Waals surface area contributed by atoms with E-state index in [-0.39, 0.29) is 6.61 Å². The highest BCUT2D eigenvalue weighted by molar-refractivity contribution is 4.99. The van der Waals surface area contributed by atoms with Gasteiger partial charge in [0, 0.05) is 0 Å². The Labute approximate surface area is 118 Å².